The van der Waals surface area contributed by atoms with Crippen molar-refractivity contribution >= 4 is 21.9 Å². The van der Waals surface area contributed by atoms with Gasteiger partial charge < -0.3 is 19.1 Å². The van der Waals surface area contributed by atoms with Crippen LogP contribution in [0, 0.1) is 0 Å². The Hall–Kier alpha value is -3.11. The number of benzene rings is 2. The SMILES string of the molecule is COC(=O)CCN(Cc1ccccc1)C(=O)CN(C)S(=O)(=O)c1ccc2c(c1)OCCO2. The summed E-state index contributed by atoms with van der Waals surface area (Å²) in [4.78, 5) is 26.0. The first-order valence-electron chi connectivity index (χ1n) is 10.1. The zero-order valence-electron chi connectivity index (χ0n) is 18.0. The highest BCUT2D eigenvalue weighted by Crippen LogP contribution is 2.33. The lowest BCUT2D eigenvalue weighted by atomic mass is 10.2. The Morgan fingerprint density at radius 1 is 1.03 bits per heavy atom. The summed E-state index contributed by atoms with van der Waals surface area (Å²) in [6, 6.07) is 13.6. The van der Waals surface area contributed by atoms with Gasteiger partial charge in [-0.05, 0) is 17.7 Å². The molecule has 0 fully saturated rings. The molecule has 0 radical (unpaired) electrons. The summed E-state index contributed by atoms with van der Waals surface area (Å²) in [7, 11) is -1.34. The Morgan fingerprint density at radius 2 is 1.72 bits per heavy atom. The molecule has 1 aliphatic rings. The second-order valence-electron chi connectivity index (χ2n) is 7.19. The molecule has 1 heterocycles. The van der Waals surface area contributed by atoms with Gasteiger partial charge in [0.05, 0.1) is 25.0 Å². The van der Waals surface area contributed by atoms with Gasteiger partial charge in [0, 0.05) is 26.2 Å². The van der Waals surface area contributed by atoms with Crippen LogP contribution in [0.2, 0.25) is 0 Å². The smallest absolute Gasteiger partial charge is 0.307 e. The topological polar surface area (TPSA) is 102 Å². The van der Waals surface area contributed by atoms with Crippen molar-refractivity contribution in [3.05, 3.63) is 54.1 Å². The maximum absolute atomic E-state index is 13.0. The molecule has 3 rings (SSSR count). The summed E-state index contributed by atoms with van der Waals surface area (Å²) in [6.07, 6.45) is 0.00764. The number of esters is 1. The number of hydrogen-bond acceptors (Lipinski definition) is 7. The number of fused-ring (bicyclic) bond motifs is 1. The predicted octanol–water partition coefficient (Wildman–Crippen LogP) is 1.67. The minimum Gasteiger partial charge on any atom is -0.486 e. The number of nitrogens with zero attached hydrogens (tertiary/aromatic N) is 2. The van der Waals surface area contributed by atoms with Crippen molar-refractivity contribution in [3.8, 4) is 11.5 Å². The lowest BCUT2D eigenvalue weighted by molar-refractivity contribution is -0.142. The fraction of sp³-hybridized carbons (Fsp3) is 0.364. The molecular weight excluding hydrogens is 436 g/mol. The van der Waals surface area contributed by atoms with Crippen molar-refractivity contribution in [2.45, 2.75) is 17.9 Å². The van der Waals surface area contributed by atoms with Crippen molar-refractivity contribution in [3.63, 3.8) is 0 Å². The molecule has 2 aromatic rings. The summed E-state index contributed by atoms with van der Waals surface area (Å²) < 4.78 is 42.6. The molecule has 0 saturated carbocycles. The van der Waals surface area contributed by atoms with Gasteiger partial charge in [-0.25, -0.2) is 8.42 Å². The van der Waals surface area contributed by atoms with Gasteiger partial charge in [0.2, 0.25) is 15.9 Å². The first-order chi connectivity index (χ1) is 15.3. The zero-order chi connectivity index (χ0) is 23.1. The highest BCUT2D eigenvalue weighted by atomic mass is 32.2. The van der Waals surface area contributed by atoms with Gasteiger partial charge in [0.15, 0.2) is 11.5 Å². The van der Waals surface area contributed by atoms with Crippen molar-refractivity contribution in [1.82, 2.24) is 9.21 Å². The molecule has 2 aromatic carbocycles. The van der Waals surface area contributed by atoms with E-state index in [1.807, 2.05) is 30.3 Å². The molecule has 0 bridgehead atoms. The number of amides is 1. The number of ether oxygens (including phenoxy) is 3. The van der Waals surface area contributed by atoms with Crippen LogP contribution in [-0.2, 0) is 30.9 Å². The van der Waals surface area contributed by atoms with Crippen LogP contribution < -0.4 is 9.47 Å². The van der Waals surface area contributed by atoms with Crippen LogP contribution in [0.5, 0.6) is 11.5 Å². The van der Waals surface area contributed by atoms with E-state index in [4.69, 9.17) is 9.47 Å². The average Bonchev–Trinajstić information content (AvgIpc) is 2.81. The quantitative estimate of drug-likeness (QED) is 0.522. The van der Waals surface area contributed by atoms with Crippen LogP contribution in [0.3, 0.4) is 0 Å². The number of likely N-dealkylation sites (N-methyl/N-ethyl adjacent to an activating group) is 1. The Balaban J connectivity index is 1.74. The molecule has 9 nitrogen and oxygen atoms in total. The van der Waals surface area contributed by atoms with Crippen LogP contribution in [-0.4, -0.2) is 70.0 Å². The summed E-state index contributed by atoms with van der Waals surface area (Å²) >= 11 is 0. The molecule has 1 aliphatic heterocycles. The van der Waals surface area contributed by atoms with Crippen LogP contribution in [0.1, 0.15) is 12.0 Å². The molecular formula is C22H26N2O7S. The number of hydrogen-bond donors (Lipinski definition) is 0. The summed E-state index contributed by atoms with van der Waals surface area (Å²) in [5.41, 5.74) is 0.864. The van der Waals surface area contributed by atoms with Crippen LogP contribution >= 0.6 is 0 Å². The van der Waals surface area contributed by atoms with E-state index in [2.05, 4.69) is 4.74 Å². The average molecular weight is 463 g/mol. The standard InChI is InChI=1S/C22H26N2O7S/c1-23(32(27,28)18-8-9-19-20(14-18)31-13-12-30-19)16-21(25)24(11-10-22(26)29-2)15-17-6-4-3-5-7-17/h3-9,14H,10-13,15-16H2,1-2H3. The molecule has 172 valence electrons. The van der Waals surface area contributed by atoms with Crippen molar-refractivity contribution in [1.29, 1.82) is 0 Å². The predicted molar refractivity (Wildman–Crippen MR) is 116 cm³/mol. The lowest BCUT2D eigenvalue weighted by Gasteiger charge is -2.26. The van der Waals surface area contributed by atoms with E-state index in [0.29, 0.717) is 24.7 Å². The van der Waals surface area contributed by atoms with E-state index in [0.717, 1.165) is 9.87 Å². The molecule has 0 atom stereocenters. The molecule has 0 unspecified atom stereocenters. The van der Waals surface area contributed by atoms with Gasteiger partial charge in [-0.2, -0.15) is 4.31 Å². The molecule has 1 amide bonds. The Kier molecular flexibility index (Phi) is 7.70. The zero-order valence-corrected chi connectivity index (χ0v) is 18.8. The van der Waals surface area contributed by atoms with Crippen molar-refractivity contribution in [2.24, 2.45) is 0 Å². The largest absolute Gasteiger partial charge is 0.486 e. The third-order valence-corrected chi connectivity index (χ3v) is 6.76. The fourth-order valence-corrected chi connectivity index (χ4v) is 4.30. The third kappa shape index (κ3) is 5.77. The molecule has 0 aromatic heterocycles. The van der Waals surface area contributed by atoms with Crippen molar-refractivity contribution < 1.29 is 32.2 Å². The molecule has 32 heavy (non-hydrogen) atoms. The molecule has 0 spiro atoms. The van der Waals surface area contributed by atoms with Gasteiger partial charge in [0.1, 0.15) is 13.2 Å². The normalized spacial score (nSPS) is 13.0. The van der Waals surface area contributed by atoms with Gasteiger partial charge in [-0.3, -0.25) is 9.59 Å². The van der Waals surface area contributed by atoms with Gasteiger partial charge in [-0.15, -0.1) is 0 Å². The minimum atomic E-state index is -3.95. The first kappa shape index (κ1) is 23.6. The summed E-state index contributed by atoms with van der Waals surface area (Å²) in [6.45, 7) is 0.702. The van der Waals surface area contributed by atoms with E-state index >= 15 is 0 Å². The monoisotopic (exact) mass is 462 g/mol. The van der Waals surface area contributed by atoms with Gasteiger partial charge in [0.25, 0.3) is 0 Å². The third-order valence-electron chi connectivity index (χ3n) is 4.96. The Labute approximate surface area is 187 Å². The van der Waals surface area contributed by atoms with Crippen molar-refractivity contribution in [2.75, 3.05) is 40.5 Å². The first-order valence-corrected chi connectivity index (χ1v) is 11.5. The number of methoxy groups -OCH3 is 1. The number of carbonyl (C=O) groups is 2. The highest BCUT2D eigenvalue weighted by molar-refractivity contribution is 7.89. The van der Waals surface area contributed by atoms with Crippen LogP contribution in [0.15, 0.2) is 53.4 Å². The lowest BCUT2D eigenvalue weighted by Crippen LogP contribution is -2.41. The van der Waals surface area contributed by atoms with Crippen LogP contribution in [0.25, 0.3) is 0 Å². The van der Waals surface area contributed by atoms with Gasteiger partial charge in [-0.1, -0.05) is 30.3 Å². The highest BCUT2D eigenvalue weighted by Gasteiger charge is 2.27. The summed E-state index contributed by atoms with van der Waals surface area (Å²) in [5.74, 6) is -0.0545. The second kappa shape index (κ2) is 10.5. The second-order valence-corrected chi connectivity index (χ2v) is 9.24. The number of sulfonamides is 1. The molecule has 0 N–H and O–H groups in total. The Bertz CT molecular complexity index is 1060. The van der Waals surface area contributed by atoms with E-state index in [1.54, 1.807) is 0 Å². The number of rotatable bonds is 9. The van der Waals surface area contributed by atoms with E-state index in [9.17, 15) is 18.0 Å². The van der Waals surface area contributed by atoms with E-state index < -0.39 is 21.9 Å². The molecule has 0 saturated heterocycles. The minimum absolute atomic E-state index is 0.00113. The van der Waals surface area contributed by atoms with Crippen LogP contribution in [0.4, 0.5) is 0 Å². The van der Waals surface area contributed by atoms with Gasteiger partial charge >= 0.3 is 5.97 Å². The Morgan fingerprint density at radius 3 is 2.41 bits per heavy atom. The maximum atomic E-state index is 13.0. The molecule has 10 heteroatoms. The summed E-state index contributed by atoms with van der Waals surface area (Å²) in [5, 5.41) is 0. The molecule has 0 aliphatic carbocycles. The fourth-order valence-electron chi connectivity index (χ4n) is 3.16. The maximum Gasteiger partial charge on any atom is 0.307 e. The number of carbonyl (C=O) groups excluding carboxylic acids is 2. The van der Waals surface area contributed by atoms with E-state index in [-0.39, 0.29) is 31.0 Å². The van der Waals surface area contributed by atoms with E-state index in [1.165, 1.54) is 37.3 Å².